The van der Waals surface area contributed by atoms with Crippen molar-refractivity contribution in [3.63, 3.8) is 0 Å². The van der Waals surface area contributed by atoms with Gasteiger partial charge in [0.1, 0.15) is 11.5 Å². The van der Waals surface area contributed by atoms with Crippen molar-refractivity contribution >= 4 is 0 Å². The summed E-state index contributed by atoms with van der Waals surface area (Å²) in [6, 6.07) is 14.8. The Morgan fingerprint density at radius 1 is 0.810 bits per heavy atom. The van der Waals surface area contributed by atoms with Gasteiger partial charge in [-0.25, -0.2) is 0 Å². The highest BCUT2D eigenvalue weighted by Crippen LogP contribution is 2.37. The fraction of sp³-hybridized carbons (Fsp3) is 0.400. The second kappa shape index (κ2) is 6.80. The van der Waals surface area contributed by atoms with Crippen molar-refractivity contribution in [2.45, 2.75) is 52.9 Å². The van der Waals surface area contributed by atoms with E-state index in [4.69, 9.17) is 4.74 Å². The fourth-order valence-corrected chi connectivity index (χ4v) is 2.62. The van der Waals surface area contributed by atoms with Gasteiger partial charge >= 0.3 is 0 Å². The van der Waals surface area contributed by atoms with Gasteiger partial charge in [0.2, 0.25) is 0 Å². The van der Waals surface area contributed by atoms with Crippen LogP contribution in [0, 0.1) is 0 Å². The van der Waals surface area contributed by atoms with Gasteiger partial charge < -0.3 is 4.74 Å². The third-order valence-corrected chi connectivity index (χ3v) is 3.88. The summed E-state index contributed by atoms with van der Waals surface area (Å²) in [6.45, 7) is 11.0. The molecule has 1 nitrogen and oxygen atoms in total. The lowest BCUT2D eigenvalue weighted by Gasteiger charge is -2.20. The molecule has 2 aromatic carbocycles. The first-order valence-electron chi connectivity index (χ1n) is 7.93. The summed E-state index contributed by atoms with van der Waals surface area (Å²) in [7, 11) is 0. The molecule has 0 aliphatic carbocycles. The molecule has 21 heavy (non-hydrogen) atoms. The minimum absolute atomic E-state index is 0.456. The molecule has 112 valence electrons. The molecule has 0 unspecified atom stereocenters. The molecule has 0 aliphatic rings. The lowest BCUT2D eigenvalue weighted by atomic mass is 9.97. The topological polar surface area (TPSA) is 9.23 Å². The summed E-state index contributed by atoms with van der Waals surface area (Å²) in [5, 5.41) is 0. The number of hydrogen-bond donors (Lipinski definition) is 0. The van der Waals surface area contributed by atoms with E-state index in [-0.39, 0.29) is 0 Å². The molecule has 0 bridgehead atoms. The predicted molar refractivity (Wildman–Crippen MR) is 90.5 cm³/mol. The highest BCUT2D eigenvalue weighted by Gasteiger charge is 2.15. The average molecular weight is 282 g/mol. The molecule has 0 fully saturated rings. The zero-order valence-electron chi connectivity index (χ0n) is 13.8. The van der Waals surface area contributed by atoms with E-state index in [0.29, 0.717) is 11.8 Å². The molecule has 2 aromatic rings. The molecule has 1 heteroatoms. The van der Waals surface area contributed by atoms with Gasteiger partial charge in [-0.2, -0.15) is 0 Å². The quantitative estimate of drug-likeness (QED) is 0.626. The molecular formula is C20H26O. The van der Waals surface area contributed by atoms with Crippen molar-refractivity contribution in [3.05, 3.63) is 59.2 Å². The number of aryl methyl sites for hydroxylation is 1. The van der Waals surface area contributed by atoms with Crippen molar-refractivity contribution in [2.24, 2.45) is 0 Å². The van der Waals surface area contributed by atoms with Gasteiger partial charge in [0.25, 0.3) is 0 Å². The zero-order chi connectivity index (χ0) is 15.4. The van der Waals surface area contributed by atoms with Gasteiger partial charge in [-0.15, -0.1) is 0 Å². The van der Waals surface area contributed by atoms with Gasteiger partial charge in [-0.05, 0) is 41.0 Å². The van der Waals surface area contributed by atoms with Crippen LogP contribution in [0.15, 0.2) is 42.5 Å². The highest BCUT2D eigenvalue weighted by molar-refractivity contribution is 5.48. The van der Waals surface area contributed by atoms with E-state index in [2.05, 4.69) is 71.0 Å². The minimum atomic E-state index is 0.456. The molecule has 0 atom stereocenters. The molecule has 0 aromatic heterocycles. The maximum atomic E-state index is 6.39. The Bertz CT molecular complexity index is 597. The van der Waals surface area contributed by atoms with E-state index < -0.39 is 0 Å². The van der Waals surface area contributed by atoms with Crippen LogP contribution in [-0.4, -0.2) is 0 Å². The molecular weight excluding hydrogens is 256 g/mol. The number of benzene rings is 2. The summed E-state index contributed by atoms with van der Waals surface area (Å²) >= 11 is 0. The van der Waals surface area contributed by atoms with Crippen LogP contribution in [0.4, 0.5) is 0 Å². The Kier molecular flexibility index (Phi) is 5.06. The Labute approximate surface area is 129 Å². The molecule has 0 saturated carbocycles. The van der Waals surface area contributed by atoms with Crippen molar-refractivity contribution in [1.82, 2.24) is 0 Å². The standard InChI is InChI=1S/C20H26O/c1-6-16-10-9-12-18(15(4)5)20(16)21-19-13-8-7-11-17(19)14(2)3/h7-15H,6H2,1-5H3. The predicted octanol–water partition coefficient (Wildman–Crippen LogP) is 6.29. The first-order valence-corrected chi connectivity index (χ1v) is 7.93. The van der Waals surface area contributed by atoms with Crippen LogP contribution in [0.25, 0.3) is 0 Å². The molecule has 0 radical (unpaired) electrons. The number of hydrogen-bond acceptors (Lipinski definition) is 1. The van der Waals surface area contributed by atoms with Crippen LogP contribution in [0.2, 0.25) is 0 Å². The number of para-hydroxylation sites is 2. The third kappa shape index (κ3) is 3.47. The Morgan fingerprint density at radius 3 is 2.05 bits per heavy atom. The maximum absolute atomic E-state index is 6.39. The monoisotopic (exact) mass is 282 g/mol. The fourth-order valence-electron chi connectivity index (χ4n) is 2.62. The Balaban J connectivity index is 2.49. The van der Waals surface area contributed by atoms with E-state index in [9.17, 15) is 0 Å². The van der Waals surface area contributed by atoms with Gasteiger partial charge in [0.05, 0.1) is 0 Å². The first kappa shape index (κ1) is 15.6. The summed E-state index contributed by atoms with van der Waals surface area (Å²) in [4.78, 5) is 0. The smallest absolute Gasteiger partial charge is 0.134 e. The second-order valence-corrected chi connectivity index (χ2v) is 6.14. The SMILES string of the molecule is CCc1cccc(C(C)C)c1Oc1ccccc1C(C)C. The van der Waals surface area contributed by atoms with Gasteiger partial charge in [-0.1, -0.05) is 71.0 Å². The van der Waals surface area contributed by atoms with Gasteiger partial charge in [0, 0.05) is 0 Å². The van der Waals surface area contributed by atoms with E-state index in [1.165, 1.54) is 16.7 Å². The molecule has 2 rings (SSSR count). The normalized spacial score (nSPS) is 11.2. The summed E-state index contributed by atoms with van der Waals surface area (Å²) < 4.78 is 6.39. The van der Waals surface area contributed by atoms with Crippen LogP contribution < -0.4 is 4.74 Å². The number of ether oxygens (including phenoxy) is 1. The Hall–Kier alpha value is -1.76. The zero-order valence-corrected chi connectivity index (χ0v) is 13.8. The first-order chi connectivity index (χ1) is 10.0. The van der Waals surface area contributed by atoms with Crippen molar-refractivity contribution in [1.29, 1.82) is 0 Å². The molecule has 0 amide bonds. The van der Waals surface area contributed by atoms with Crippen molar-refractivity contribution < 1.29 is 4.74 Å². The van der Waals surface area contributed by atoms with Crippen LogP contribution >= 0.6 is 0 Å². The average Bonchev–Trinajstić information content (AvgIpc) is 2.47. The Morgan fingerprint density at radius 2 is 1.43 bits per heavy atom. The summed E-state index contributed by atoms with van der Waals surface area (Å²) in [5.41, 5.74) is 3.82. The van der Waals surface area contributed by atoms with Crippen LogP contribution in [0.3, 0.4) is 0 Å². The van der Waals surface area contributed by atoms with Gasteiger partial charge in [0.15, 0.2) is 0 Å². The van der Waals surface area contributed by atoms with E-state index in [1.54, 1.807) is 0 Å². The van der Waals surface area contributed by atoms with E-state index in [1.807, 2.05) is 6.07 Å². The summed E-state index contributed by atoms with van der Waals surface area (Å²) in [6.07, 6.45) is 0.986. The highest BCUT2D eigenvalue weighted by atomic mass is 16.5. The maximum Gasteiger partial charge on any atom is 0.134 e. The summed E-state index contributed by atoms with van der Waals surface area (Å²) in [5.74, 6) is 2.94. The van der Waals surface area contributed by atoms with Crippen LogP contribution in [0.5, 0.6) is 11.5 Å². The van der Waals surface area contributed by atoms with Crippen LogP contribution in [-0.2, 0) is 6.42 Å². The third-order valence-electron chi connectivity index (χ3n) is 3.88. The molecule has 0 heterocycles. The molecule has 0 saturated heterocycles. The van der Waals surface area contributed by atoms with E-state index in [0.717, 1.165) is 17.9 Å². The largest absolute Gasteiger partial charge is 0.456 e. The second-order valence-electron chi connectivity index (χ2n) is 6.14. The lowest BCUT2D eigenvalue weighted by molar-refractivity contribution is 0.458. The molecule has 0 aliphatic heterocycles. The lowest BCUT2D eigenvalue weighted by Crippen LogP contribution is -2.00. The molecule has 0 spiro atoms. The molecule has 0 N–H and O–H groups in total. The van der Waals surface area contributed by atoms with Crippen LogP contribution in [0.1, 0.15) is 63.1 Å². The van der Waals surface area contributed by atoms with Crippen molar-refractivity contribution in [3.8, 4) is 11.5 Å². The minimum Gasteiger partial charge on any atom is -0.456 e. The van der Waals surface area contributed by atoms with Crippen molar-refractivity contribution in [2.75, 3.05) is 0 Å². The van der Waals surface area contributed by atoms with Gasteiger partial charge in [-0.3, -0.25) is 0 Å². The van der Waals surface area contributed by atoms with E-state index >= 15 is 0 Å². The number of rotatable bonds is 5.